The first-order chi connectivity index (χ1) is 8.83. The lowest BCUT2D eigenvalue weighted by atomic mass is 10.3. The van der Waals surface area contributed by atoms with Crippen molar-refractivity contribution >= 4 is 22.4 Å². The van der Waals surface area contributed by atoms with Gasteiger partial charge in [0.05, 0.1) is 0 Å². The molecule has 0 fully saturated rings. The summed E-state index contributed by atoms with van der Waals surface area (Å²) in [6, 6.07) is 5.06. The van der Waals surface area contributed by atoms with Crippen molar-refractivity contribution in [2.75, 3.05) is 6.54 Å². The zero-order valence-electron chi connectivity index (χ0n) is 10.8. The zero-order chi connectivity index (χ0) is 14.5. The standard InChI is InChI=1S/C11H16F2N2O3S.ClH/c1-8(14)6-7-15-19(16,17)10-5-3-2-4-9(10)18-11(12)13;/h2-5,8,11,15H,6-7,14H2,1H3;1H. The fraction of sp³-hybridized carbons (Fsp3) is 0.455. The zero-order valence-corrected chi connectivity index (χ0v) is 12.4. The van der Waals surface area contributed by atoms with Gasteiger partial charge in [-0.3, -0.25) is 0 Å². The van der Waals surface area contributed by atoms with Gasteiger partial charge in [-0.15, -0.1) is 12.4 Å². The van der Waals surface area contributed by atoms with Crippen LogP contribution in [0.5, 0.6) is 5.75 Å². The number of hydrogen-bond acceptors (Lipinski definition) is 4. The van der Waals surface area contributed by atoms with Gasteiger partial charge in [0.25, 0.3) is 0 Å². The Morgan fingerprint density at radius 1 is 1.35 bits per heavy atom. The minimum atomic E-state index is -3.90. The van der Waals surface area contributed by atoms with E-state index in [0.29, 0.717) is 6.42 Å². The lowest BCUT2D eigenvalue weighted by Gasteiger charge is -2.12. The molecule has 0 aliphatic heterocycles. The molecule has 5 nitrogen and oxygen atoms in total. The number of benzene rings is 1. The molecule has 0 aromatic heterocycles. The molecule has 9 heteroatoms. The summed E-state index contributed by atoms with van der Waals surface area (Å²) < 4.78 is 54.7. The number of alkyl halides is 2. The maximum atomic E-state index is 12.2. The Kier molecular flexibility index (Phi) is 7.95. The predicted octanol–water partition coefficient (Wildman–Crippen LogP) is 1.73. The van der Waals surface area contributed by atoms with Crippen molar-refractivity contribution in [3.8, 4) is 5.75 Å². The van der Waals surface area contributed by atoms with E-state index in [2.05, 4.69) is 9.46 Å². The number of rotatable bonds is 7. The number of ether oxygens (including phenoxy) is 1. The van der Waals surface area contributed by atoms with Gasteiger partial charge in [0.15, 0.2) is 0 Å². The van der Waals surface area contributed by atoms with E-state index in [1.807, 2.05) is 0 Å². The molecule has 1 unspecified atom stereocenters. The summed E-state index contributed by atoms with van der Waals surface area (Å²) in [5.74, 6) is -0.384. The van der Waals surface area contributed by atoms with Crippen LogP contribution in [0.25, 0.3) is 0 Å². The van der Waals surface area contributed by atoms with Crippen LogP contribution in [0, 0.1) is 0 Å². The molecular weight excluding hydrogens is 314 g/mol. The fourth-order valence-electron chi connectivity index (χ4n) is 1.36. The van der Waals surface area contributed by atoms with Crippen LogP contribution in [0.1, 0.15) is 13.3 Å². The van der Waals surface area contributed by atoms with E-state index in [-0.39, 0.29) is 35.6 Å². The van der Waals surface area contributed by atoms with Gasteiger partial charge in [-0.25, -0.2) is 13.1 Å². The van der Waals surface area contributed by atoms with Gasteiger partial charge in [-0.1, -0.05) is 12.1 Å². The number of hydrogen-bond donors (Lipinski definition) is 2. The third-order valence-electron chi connectivity index (χ3n) is 2.25. The SMILES string of the molecule is CC(N)CCNS(=O)(=O)c1ccccc1OC(F)F.Cl. The Balaban J connectivity index is 0.00000361. The van der Waals surface area contributed by atoms with Crippen LogP contribution in [0.4, 0.5) is 8.78 Å². The van der Waals surface area contributed by atoms with Gasteiger partial charge < -0.3 is 10.5 Å². The van der Waals surface area contributed by atoms with Crippen LogP contribution in [0.15, 0.2) is 29.2 Å². The smallest absolute Gasteiger partial charge is 0.387 e. The molecule has 116 valence electrons. The van der Waals surface area contributed by atoms with Crippen molar-refractivity contribution in [3.63, 3.8) is 0 Å². The molecule has 0 radical (unpaired) electrons. The number of nitrogens with one attached hydrogen (secondary N) is 1. The first-order valence-electron chi connectivity index (χ1n) is 5.62. The average molecular weight is 331 g/mol. The average Bonchev–Trinajstić information content (AvgIpc) is 2.27. The van der Waals surface area contributed by atoms with Gasteiger partial charge >= 0.3 is 6.61 Å². The molecule has 0 bridgehead atoms. The van der Waals surface area contributed by atoms with Gasteiger partial charge in [-0.2, -0.15) is 8.78 Å². The summed E-state index contributed by atoms with van der Waals surface area (Å²) in [6.45, 7) is -1.22. The van der Waals surface area contributed by atoms with E-state index in [0.717, 1.165) is 0 Å². The van der Waals surface area contributed by atoms with Crippen LogP contribution in [0.2, 0.25) is 0 Å². The van der Waals surface area contributed by atoms with Gasteiger partial charge in [0, 0.05) is 12.6 Å². The molecule has 1 rings (SSSR count). The van der Waals surface area contributed by atoms with E-state index in [4.69, 9.17) is 5.73 Å². The Bertz CT molecular complexity index is 512. The van der Waals surface area contributed by atoms with Crippen LogP contribution in [0.3, 0.4) is 0 Å². The molecule has 20 heavy (non-hydrogen) atoms. The molecule has 0 saturated heterocycles. The molecule has 3 N–H and O–H groups in total. The van der Waals surface area contributed by atoms with Gasteiger partial charge in [0.2, 0.25) is 10.0 Å². The maximum Gasteiger partial charge on any atom is 0.387 e. The van der Waals surface area contributed by atoms with E-state index < -0.39 is 16.6 Å². The lowest BCUT2D eigenvalue weighted by molar-refractivity contribution is -0.0517. The third kappa shape index (κ3) is 6.00. The summed E-state index contributed by atoms with van der Waals surface area (Å²) in [5.41, 5.74) is 5.50. The highest BCUT2D eigenvalue weighted by Crippen LogP contribution is 2.24. The molecule has 0 aliphatic carbocycles. The van der Waals surface area contributed by atoms with Crippen LogP contribution >= 0.6 is 12.4 Å². The second kappa shape index (κ2) is 8.35. The predicted molar refractivity (Wildman–Crippen MR) is 73.8 cm³/mol. The van der Waals surface area contributed by atoms with Crippen LogP contribution in [-0.2, 0) is 10.0 Å². The molecular formula is C11H17ClF2N2O3S. The summed E-state index contributed by atoms with van der Waals surface area (Å²) in [4.78, 5) is -0.319. The highest BCUT2D eigenvalue weighted by Gasteiger charge is 2.20. The monoisotopic (exact) mass is 330 g/mol. The molecule has 0 saturated carbocycles. The Morgan fingerprint density at radius 2 is 1.95 bits per heavy atom. The molecule has 0 amide bonds. The number of nitrogens with two attached hydrogens (primary N) is 1. The number of halogens is 3. The van der Waals surface area contributed by atoms with Crippen LogP contribution < -0.4 is 15.2 Å². The van der Waals surface area contributed by atoms with Crippen molar-refractivity contribution in [1.29, 1.82) is 0 Å². The third-order valence-corrected chi connectivity index (χ3v) is 3.75. The molecule has 0 spiro atoms. The largest absolute Gasteiger partial charge is 0.433 e. The molecule has 1 aromatic rings. The lowest BCUT2D eigenvalue weighted by Crippen LogP contribution is -2.29. The van der Waals surface area contributed by atoms with Gasteiger partial charge in [0.1, 0.15) is 10.6 Å². The van der Waals surface area contributed by atoms with Crippen LogP contribution in [-0.4, -0.2) is 27.6 Å². The maximum absolute atomic E-state index is 12.2. The topological polar surface area (TPSA) is 81.4 Å². The van der Waals surface area contributed by atoms with Crippen molar-refractivity contribution in [3.05, 3.63) is 24.3 Å². The van der Waals surface area contributed by atoms with E-state index >= 15 is 0 Å². The van der Waals surface area contributed by atoms with Crippen molar-refractivity contribution in [2.45, 2.75) is 30.9 Å². The van der Waals surface area contributed by atoms with Gasteiger partial charge in [-0.05, 0) is 25.5 Å². The van der Waals surface area contributed by atoms with Crippen molar-refractivity contribution < 1.29 is 21.9 Å². The first-order valence-corrected chi connectivity index (χ1v) is 7.10. The highest BCUT2D eigenvalue weighted by atomic mass is 35.5. The second-order valence-corrected chi connectivity index (χ2v) is 5.72. The number of sulfonamides is 1. The fourth-order valence-corrected chi connectivity index (χ4v) is 2.55. The summed E-state index contributed by atoms with van der Waals surface area (Å²) >= 11 is 0. The molecule has 1 atom stereocenters. The summed E-state index contributed by atoms with van der Waals surface area (Å²) in [6.07, 6.45) is 0.442. The number of para-hydroxylation sites is 1. The quantitative estimate of drug-likeness (QED) is 0.797. The summed E-state index contributed by atoms with van der Waals surface area (Å²) in [7, 11) is -3.90. The second-order valence-electron chi connectivity index (χ2n) is 3.99. The van der Waals surface area contributed by atoms with E-state index in [1.165, 1.54) is 24.3 Å². The first kappa shape index (κ1) is 19.0. The highest BCUT2D eigenvalue weighted by molar-refractivity contribution is 7.89. The van der Waals surface area contributed by atoms with Crippen molar-refractivity contribution in [2.24, 2.45) is 5.73 Å². The van der Waals surface area contributed by atoms with Crippen molar-refractivity contribution in [1.82, 2.24) is 4.72 Å². The Hall–Kier alpha value is -0.960. The Labute approximate surface area is 123 Å². The summed E-state index contributed by atoms with van der Waals surface area (Å²) in [5, 5.41) is 0. The minimum absolute atomic E-state index is 0. The van der Waals surface area contributed by atoms with E-state index in [9.17, 15) is 17.2 Å². The normalized spacial score (nSPS) is 12.8. The van der Waals surface area contributed by atoms with E-state index in [1.54, 1.807) is 6.92 Å². The molecule has 0 aliphatic rings. The molecule has 0 heterocycles. The minimum Gasteiger partial charge on any atom is -0.433 e. The molecule has 1 aromatic carbocycles. The Morgan fingerprint density at radius 3 is 2.50 bits per heavy atom.